The zero-order valence-electron chi connectivity index (χ0n) is 25.1. The van der Waals surface area contributed by atoms with E-state index >= 15 is 0 Å². The lowest BCUT2D eigenvalue weighted by molar-refractivity contribution is -0.161. The maximum absolute atomic E-state index is 12.0. The summed E-state index contributed by atoms with van der Waals surface area (Å²) in [6, 6.07) is 0. The Morgan fingerprint density at radius 2 is 1.10 bits per heavy atom. The minimum Gasteiger partial charge on any atom is -0.462 e. The number of esters is 2. The summed E-state index contributed by atoms with van der Waals surface area (Å²) in [5, 5.41) is 9.46. The average molecular weight is 547 g/mol. The maximum atomic E-state index is 12.0. The largest absolute Gasteiger partial charge is 0.462 e. The van der Waals surface area contributed by atoms with E-state index in [0.717, 1.165) is 64.2 Å². The van der Waals surface area contributed by atoms with E-state index < -0.39 is 6.10 Å². The molecule has 0 spiro atoms. The molecule has 0 unspecified atom stereocenters. The van der Waals surface area contributed by atoms with Gasteiger partial charge in [0, 0.05) is 12.8 Å². The first kappa shape index (κ1) is 36.9. The number of allylic oxidation sites excluding steroid dienone is 8. The molecular weight excluding hydrogens is 488 g/mol. The van der Waals surface area contributed by atoms with Crippen molar-refractivity contribution in [1.82, 2.24) is 0 Å². The molecule has 0 saturated heterocycles. The lowest BCUT2D eigenvalue weighted by atomic mass is 10.1. The van der Waals surface area contributed by atoms with Gasteiger partial charge in [0.2, 0.25) is 0 Å². The third-order valence-corrected chi connectivity index (χ3v) is 6.39. The first-order chi connectivity index (χ1) is 19.1. The molecule has 0 aromatic carbocycles. The van der Waals surface area contributed by atoms with Crippen molar-refractivity contribution in [2.75, 3.05) is 13.2 Å². The van der Waals surface area contributed by atoms with Crippen LogP contribution in [0, 0.1) is 0 Å². The monoisotopic (exact) mass is 546 g/mol. The molecule has 0 rings (SSSR count). The Bertz CT molecular complexity index is 677. The topological polar surface area (TPSA) is 72.8 Å². The normalized spacial score (nSPS) is 12.8. The van der Waals surface area contributed by atoms with Gasteiger partial charge in [0.25, 0.3) is 0 Å². The number of carbonyl (C=O) groups is 2. The van der Waals surface area contributed by atoms with Crippen LogP contribution >= 0.6 is 0 Å². The fourth-order valence-electron chi connectivity index (χ4n) is 4.01. The Balaban J connectivity index is 3.70. The molecule has 0 fully saturated rings. The highest BCUT2D eigenvalue weighted by Crippen LogP contribution is 2.12. The molecule has 0 heterocycles. The van der Waals surface area contributed by atoms with Crippen molar-refractivity contribution in [2.45, 2.75) is 142 Å². The number of carbonyl (C=O) groups excluding carboxylic acids is 2. The van der Waals surface area contributed by atoms with E-state index in [1.165, 1.54) is 44.9 Å². The number of hydrogen-bond acceptors (Lipinski definition) is 5. The average Bonchev–Trinajstić information content (AvgIpc) is 2.94. The minimum absolute atomic E-state index is 0.0873. The Labute approximate surface area is 239 Å². The minimum atomic E-state index is -0.783. The summed E-state index contributed by atoms with van der Waals surface area (Å²) in [5.41, 5.74) is 0. The lowest BCUT2D eigenvalue weighted by Gasteiger charge is -2.15. The van der Waals surface area contributed by atoms with Gasteiger partial charge in [-0.15, -0.1) is 0 Å². The van der Waals surface area contributed by atoms with Crippen LogP contribution in [0.4, 0.5) is 0 Å². The molecule has 224 valence electrons. The lowest BCUT2D eigenvalue weighted by Crippen LogP contribution is -2.28. The molecule has 0 aromatic rings. The third kappa shape index (κ3) is 28.7. The van der Waals surface area contributed by atoms with E-state index in [-0.39, 0.29) is 25.2 Å². The van der Waals surface area contributed by atoms with Gasteiger partial charge in [0.1, 0.15) is 6.61 Å². The van der Waals surface area contributed by atoms with Gasteiger partial charge >= 0.3 is 11.9 Å². The van der Waals surface area contributed by atoms with Gasteiger partial charge in [-0.25, -0.2) is 0 Å². The van der Waals surface area contributed by atoms with Crippen LogP contribution in [0.3, 0.4) is 0 Å². The van der Waals surface area contributed by atoms with Crippen molar-refractivity contribution in [1.29, 1.82) is 0 Å². The van der Waals surface area contributed by atoms with E-state index in [0.29, 0.717) is 12.8 Å². The third-order valence-electron chi connectivity index (χ3n) is 6.39. The van der Waals surface area contributed by atoms with Crippen LogP contribution in [0.1, 0.15) is 136 Å². The summed E-state index contributed by atoms with van der Waals surface area (Å²) in [6.07, 6.45) is 35.9. The number of aliphatic hydroxyl groups is 1. The first-order valence-corrected chi connectivity index (χ1v) is 15.7. The van der Waals surface area contributed by atoms with Crippen LogP contribution in [0.25, 0.3) is 0 Å². The highest BCUT2D eigenvalue weighted by Gasteiger charge is 2.16. The summed E-state index contributed by atoms with van der Waals surface area (Å²) in [6.45, 7) is 3.94. The molecule has 0 radical (unpaired) electrons. The van der Waals surface area contributed by atoms with Crippen molar-refractivity contribution in [2.24, 2.45) is 0 Å². The van der Waals surface area contributed by atoms with Gasteiger partial charge < -0.3 is 14.6 Å². The fourth-order valence-corrected chi connectivity index (χ4v) is 4.01. The fraction of sp³-hybridized carbons (Fsp3) is 0.706. The molecule has 1 N–H and O–H groups in total. The summed E-state index contributed by atoms with van der Waals surface area (Å²) < 4.78 is 10.5. The zero-order valence-corrected chi connectivity index (χ0v) is 25.1. The number of rotatable bonds is 27. The second-order valence-corrected chi connectivity index (χ2v) is 10.2. The first-order valence-electron chi connectivity index (χ1n) is 15.7. The smallest absolute Gasteiger partial charge is 0.306 e. The predicted octanol–water partition coefficient (Wildman–Crippen LogP) is 9.11. The van der Waals surface area contributed by atoms with Crippen LogP contribution < -0.4 is 0 Å². The van der Waals surface area contributed by atoms with Crippen molar-refractivity contribution >= 4 is 11.9 Å². The Hall–Kier alpha value is -2.14. The van der Waals surface area contributed by atoms with Crippen molar-refractivity contribution in [3.05, 3.63) is 48.6 Å². The van der Waals surface area contributed by atoms with E-state index in [2.05, 4.69) is 62.5 Å². The van der Waals surface area contributed by atoms with Crippen molar-refractivity contribution < 1.29 is 24.2 Å². The Morgan fingerprint density at radius 1 is 0.615 bits per heavy atom. The molecule has 5 nitrogen and oxygen atoms in total. The molecule has 0 bridgehead atoms. The molecule has 0 aliphatic carbocycles. The highest BCUT2D eigenvalue weighted by molar-refractivity contribution is 5.70. The highest BCUT2D eigenvalue weighted by atomic mass is 16.6. The quantitative estimate of drug-likeness (QED) is 0.0632. The number of aliphatic hydroxyl groups excluding tert-OH is 1. The molecule has 39 heavy (non-hydrogen) atoms. The zero-order chi connectivity index (χ0) is 28.7. The summed E-state index contributed by atoms with van der Waals surface area (Å²) in [4.78, 5) is 24.0. The van der Waals surface area contributed by atoms with Crippen LogP contribution in [0.5, 0.6) is 0 Å². The van der Waals surface area contributed by atoms with Crippen molar-refractivity contribution in [3.8, 4) is 0 Å². The van der Waals surface area contributed by atoms with Crippen LogP contribution in [-0.2, 0) is 19.1 Å². The predicted molar refractivity (Wildman–Crippen MR) is 164 cm³/mol. The van der Waals surface area contributed by atoms with Crippen molar-refractivity contribution in [3.63, 3.8) is 0 Å². The van der Waals surface area contributed by atoms with Crippen LogP contribution in [0.15, 0.2) is 48.6 Å². The molecule has 5 heteroatoms. The molecule has 0 aliphatic rings. The van der Waals surface area contributed by atoms with Gasteiger partial charge in [0.05, 0.1) is 6.61 Å². The summed E-state index contributed by atoms with van der Waals surface area (Å²) in [7, 11) is 0. The van der Waals surface area contributed by atoms with E-state index in [1.807, 2.05) is 0 Å². The standard InChI is InChI=1S/C34H58O5/c1-3-5-7-9-11-13-15-16-17-18-19-21-22-24-26-28-33(36)38-31-32(30-35)39-34(37)29-27-25-23-20-14-12-10-8-6-4-2/h5,7,11,13,16-17,19,21,32,35H,3-4,6,8-10,12,14-15,18,20,22-31H2,1-2H3/b7-5+,13-11+,17-16+,21-19+/t32-/m0/s1. The summed E-state index contributed by atoms with van der Waals surface area (Å²) >= 11 is 0. The van der Waals surface area contributed by atoms with Gasteiger partial charge in [-0.1, -0.05) is 120 Å². The van der Waals surface area contributed by atoms with Crippen LogP contribution in [0.2, 0.25) is 0 Å². The molecular formula is C34H58O5. The van der Waals surface area contributed by atoms with Gasteiger partial charge in [0.15, 0.2) is 6.10 Å². The molecule has 0 aromatic heterocycles. The maximum Gasteiger partial charge on any atom is 0.306 e. The van der Waals surface area contributed by atoms with Gasteiger partial charge in [-0.2, -0.15) is 0 Å². The SMILES string of the molecule is CC/C=C/C/C=C/C/C=C/C/C=C/CCCCC(=O)OC[C@H](CO)OC(=O)CCCCCCCCCCCC. The number of unbranched alkanes of at least 4 members (excludes halogenated alkanes) is 11. The van der Waals surface area contributed by atoms with Crippen LogP contribution in [-0.4, -0.2) is 36.4 Å². The molecule has 0 amide bonds. The molecule has 0 aliphatic heterocycles. The number of hydrogen-bond donors (Lipinski definition) is 1. The van der Waals surface area contributed by atoms with Gasteiger partial charge in [-0.3, -0.25) is 9.59 Å². The molecule has 0 saturated carbocycles. The second-order valence-electron chi connectivity index (χ2n) is 10.2. The van der Waals surface area contributed by atoms with E-state index in [4.69, 9.17) is 9.47 Å². The molecule has 1 atom stereocenters. The van der Waals surface area contributed by atoms with E-state index in [9.17, 15) is 14.7 Å². The Morgan fingerprint density at radius 3 is 1.67 bits per heavy atom. The Kier molecular flexibility index (Phi) is 28.7. The number of ether oxygens (including phenoxy) is 2. The van der Waals surface area contributed by atoms with Gasteiger partial charge in [-0.05, 0) is 51.4 Å². The second kappa shape index (κ2) is 30.4. The van der Waals surface area contributed by atoms with E-state index in [1.54, 1.807) is 0 Å². The summed E-state index contributed by atoms with van der Waals surface area (Å²) in [5.74, 6) is -0.646.